The van der Waals surface area contributed by atoms with E-state index in [0.29, 0.717) is 5.41 Å². The van der Waals surface area contributed by atoms with Gasteiger partial charge in [-0.05, 0) is 49.4 Å². The topological polar surface area (TPSA) is 18.5 Å². The average molecular weight is 287 g/mol. The highest BCUT2D eigenvalue weighted by Crippen LogP contribution is 2.27. The Bertz CT molecular complexity index is 457. The van der Waals surface area contributed by atoms with E-state index in [-0.39, 0.29) is 0 Å². The molecule has 0 bridgehead atoms. The van der Waals surface area contributed by atoms with Crippen LogP contribution < -0.4 is 10.2 Å². The van der Waals surface area contributed by atoms with Gasteiger partial charge in [0.05, 0.1) is 0 Å². The molecule has 0 amide bonds. The van der Waals surface area contributed by atoms with Crippen LogP contribution in [0.3, 0.4) is 0 Å². The molecule has 1 aromatic rings. The van der Waals surface area contributed by atoms with Crippen LogP contribution in [0.4, 0.5) is 5.69 Å². The lowest BCUT2D eigenvalue weighted by Crippen LogP contribution is -2.52. The highest BCUT2D eigenvalue weighted by atomic mass is 15.3. The van der Waals surface area contributed by atoms with Crippen molar-refractivity contribution in [3.05, 3.63) is 29.8 Å². The van der Waals surface area contributed by atoms with E-state index < -0.39 is 0 Å². The SMILES string of the molecule is Cc1cccc(N2CCN(CC3(C)CCCNC3)CC2)c1. The first kappa shape index (κ1) is 14.9. The fourth-order valence-corrected chi connectivity index (χ4v) is 3.78. The molecule has 0 saturated carbocycles. The minimum absolute atomic E-state index is 0.476. The predicted molar refractivity (Wildman–Crippen MR) is 90.0 cm³/mol. The Morgan fingerprint density at radius 2 is 2.00 bits per heavy atom. The fourth-order valence-electron chi connectivity index (χ4n) is 3.78. The lowest BCUT2D eigenvalue weighted by atomic mass is 9.82. The van der Waals surface area contributed by atoms with Crippen molar-refractivity contribution in [3.8, 4) is 0 Å². The van der Waals surface area contributed by atoms with E-state index in [4.69, 9.17) is 0 Å². The standard InChI is InChI=1S/C18H29N3/c1-16-5-3-6-17(13-16)21-11-9-20(10-12-21)15-18(2)7-4-8-19-14-18/h3,5-6,13,19H,4,7-12,14-15H2,1-2H3. The smallest absolute Gasteiger partial charge is 0.0369 e. The van der Waals surface area contributed by atoms with E-state index >= 15 is 0 Å². The summed E-state index contributed by atoms with van der Waals surface area (Å²) in [6.07, 6.45) is 2.71. The maximum Gasteiger partial charge on any atom is 0.0369 e. The van der Waals surface area contributed by atoms with Crippen LogP contribution in [0.5, 0.6) is 0 Å². The molecular formula is C18H29N3. The number of benzene rings is 1. The number of aryl methyl sites for hydroxylation is 1. The van der Waals surface area contributed by atoms with Gasteiger partial charge in [-0.3, -0.25) is 4.90 Å². The molecule has 2 saturated heterocycles. The molecule has 1 atom stereocenters. The molecule has 2 fully saturated rings. The van der Waals surface area contributed by atoms with Crippen LogP contribution in [-0.4, -0.2) is 50.7 Å². The third-order valence-corrected chi connectivity index (χ3v) is 5.03. The summed E-state index contributed by atoms with van der Waals surface area (Å²) in [6, 6.07) is 8.90. The van der Waals surface area contributed by atoms with Gasteiger partial charge in [0, 0.05) is 45.0 Å². The summed E-state index contributed by atoms with van der Waals surface area (Å²) in [5, 5.41) is 3.57. The summed E-state index contributed by atoms with van der Waals surface area (Å²) in [4.78, 5) is 5.20. The number of nitrogens with one attached hydrogen (secondary N) is 1. The molecule has 1 aromatic carbocycles. The summed E-state index contributed by atoms with van der Waals surface area (Å²) in [5.41, 5.74) is 3.22. The number of hydrogen-bond acceptors (Lipinski definition) is 3. The zero-order chi connectivity index (χ0) is 14.7. The molecule has 0 aliphatic carbocycles. The van der Waals surface area contributed by atoms with Crippen LogP contribution in [0.1, 0.15) is 25.3 Å². The van der Waals surface area contributed by atoms with Crippen molar-refractivity contribution in [2.24, 2.45) is 5.41 Å². The van der Waals surface area contributed by atoms with Crippen LogP contribution in [0.15, 0.2) is 24.3 Å². The van der Waals surface area contributed by atoms with Crippen LogP contribution >= 0.6 is 0 Å². The van der Waals surface area contributed by atoms with Gasteiger partial charge >= 0.3 is 0 Å². The largest absolute Gasteiger partial charge is 0.369 e. The molecule has 116 valence electrons. The van der Waals surface area contributed by atoms with Gasteiger partial charge in [-0.15, -0.1) is 0 Å². The van der Waals surface area contributed by atoms with Crippen LogP contribution in [0.2, 0.25) is 0 Å². The minimum Gasteiger partial charge on any atom is -0.369 e. The van der Waals surface area contributed by atoms with Gasteiger partial charge in [0.15, 0.2) is 0 Å². The first-order valence-electron chi connectivity index (χ1n) is 8.39. The lowest BCUT2D eigenvalue weighted by molar-refractivity contribution is 0.128. The van der Waals surface area contributed by atoms with Crippen molar-refractivity contribution < 1.29 is 0 Å². The second-order valence-corrected chi connectivity index (χ2v) is 7.19. The van der Waals surface area contributed by atoms with Crippen LogP contribution in [0.25, 0.3) is 0 Å². The van der Waals surface area contributed by atoms with Crippen molar-refractivity contribution in [3.63, 3.8) is 0 Å². The fraction of sp³-hybridized carbons (Fsp3) is 0.667. The maximum absolute atomic E-state index is 3.57. The first-order valence-corrected chi connectivity index (χ1v) is 8.39. The number of anilines is 1. The van der Waals surface area contributed by atoms with Crippen molar-refractivity contribution >= 4 is 5.69 Å². The molecule has 0 aromatic heterocycles. The minimum atomic E-state index is 0.476. The maximum atomic E-state index is 3.57. The molecule has 0 radical (unpaired) electrons. The van der Waals surface area contributed by atoms with Gasteiger partial charge in [-0.1, -0.05) is 19.1 Å². The van der Waals surface area contributed by atoms with Crippen LogP contribution in [-0.2, 0) is 0 Å². The number of piperidine rings is 1. The molecule has 3 nitrogen and oxygen atoms in total. The van der Waals surface area contributed by atoms with Crippen molar-refractivity contribution in [1.29, 1.82) is 0 Å². The summed E-state index contributed by atoms with van der Waals surface area (Å²) >= 11 is 0. The zero-order valence-corrected chi connectivity index (χ0v) is 13.6. The summed E-state index contributed by atoms with van der Waals surface area (Å²) < 4.78 is 0. The van der Waals surface area contributed by atoms with Gasteiger partial charge in [0.25, 0.3) is 0 Å². The normalized spacial score (nSPS) is 27.8. The van der Waals surface area contributed by atoms with E-state index in [1.807, 2.05) is 0 Å². The number of hydrogen-bond donors (Lipinski definition) is 1. The third kappa shape index (κ3) is 3.78. The summed E-state index contributed by atoms with van der Waals surface area (Å²) in [7, 11) is 0. The Balaban J connectivity index is 1.53. The van der Waals surface area contributed by atoms with Crippen molar-refractivity contribution in [2.45, 2.75) is 26.7 Å². The van der Waals surface area contributed by atoms with E-state index in [1.54, 1.807) is 0 Å². The molecule has 3 heteroatoms. The highest BCUT2D eigenvalue weighted by molar-refractivity contribution is 5.48. The van der Waals surface area contributed by atoms with E-state index in [2.05, 4.69) is 53.2 Å². The lowest BCUT2D eigenvalue weighted by Gasteiger charge is -2.42. The van der Waals surface area contributed by atoms with Gasteiger partial charge in [0.2, 0.25) is 0 Å². The predicted octanol–water partition coefficient (Wildman–Crippen LogP) is 2.51. The van der Waals surface area contributed by atoms with Gasteiger partial charge in [-0.25, -0.2) is 0 Å². The second kappa shape index (κ2) is 6.37. The quantitative estimate of drug-likeness (QED) is 0.921. The Morgan fingerprint density at radius 3 is 2.67 bits per heavy atom. The first-order chi connectivity index (χ1) is 10.1. The molecule has 2 aliphatic rings. The Morgan fingerprint density at radius 1 is 1.19 bits per heavy atom. The Hall–Kier alpha value is -1.06. The van der Waals surface area contributed by atoms with Crippen molar-refractivity contribution in [1.82, 2.24) is 10.2 Å². The molecule has 2 heterocycles. The van der Waals surface area contributed by atoms with Crippen LogP contribution in [0, 0.1) is 12.3 Å². The monoisotopic (exact) mass is 287 g/mol. The Labute approximate surface area is 129 Å². The number of nitrogens with zero attached hydrogens (tertiary/aromatic N) is 2. The van der Waals surface area contributed by atoms with Gasteiger partial charge in [-0.2, -0.15) is 0 Å². The van der Waals surface area contributed by atoms with E-state index in [9.17, 15) is 0 Å². The molecule has 2 aliphatic heterocycles. The van der Waals surface area contributed by atoms with Crippen molar-refractivity contribution in [2.75, 3.05) is 50.7 Å². The molecule has 0 spiro atoms. The van der Waals surface area contributed by atoms with E-state index in [1.165, 1.54) is 56.8 Å². The number of rotatable bonds is 3. The zero-order valence-electron chi connectivity index (χ0n) is 13.6. The molecule has 1 N–H and O–H groups in total. The summed E-state index contributed by atoms with van der Waals surface area (Å²) in [6.45, 7) is 13.0. The molecule has 3 rings (SSSR count). The average Bonchev–Trinajstić information content (AvgIpc) is 2.48. The molecule has 1 unspecified atom stereocenters. The summed E-state index contributed by atoms with van der Waals surface area (Å²) in [5.74, 6) is 0. The highest BCUT2D eigenvalue weighted by Gasteiger charge is 2.30. The van der Waals surface area contributed by atoms with Gasteiger partial charge < -0.3 is 10.2 Å². The second-order valence-electron chi connectivity index (χ2n) is 7.19. The van der Waals surface area contributed by atoms with Gasteiger partial charge in [0.1, 0.15) is 0 Å². The number of piperazine rings is 1. The van der Waals surface area contributed by atoms with E-state index in [0.717, 1.165) is 13.1 Å². The molecule has 21 heavy (non-hydrogen) atoms. The third-order valence-electron chi connectivity index (χ3n) is 5.03. The Kier molecular flexibility index (Phi) is 4.51. The molecular weight excluding hydrogens is 258 g/mol.